The molecule has 2 N–H and O–H groups in total. The Kier molecular flexibility index (Phi) is 4.53. The first-order valence-electron chi connectivity index (χ1n) is 8.60. The van der Waals surface area contributed by atoms with Crippen molar-refractivity contribution in [2.45, 2.75) is 46.1 Å². The lowest BCUT2D eigenvalue weighted by atomic mass is 9.99. The van der Waals surface area contributed by atoms with Crippen LogP contribution in [0.1, 0.15) is 48.1 Å². The molecule has 0 aromatic carbocycles. The van der Waals surface area contributed by atoms with Crippen molar-refractivity contribution < 1.29 is 4.79 Å². The van der Waals surface area contributed by atoms with Crippen LogP contribution in [0.5, 0.6) is 0 Å². The Morgan fingerprint density at radius 3 is 2.43 bits per heavy atom. The average Bonchev–Trinajstić information content (AvgIpc) is 2.96. The number of aryl methyl sites for hydroxylation is 1. The van der Waals surface area contributed by atoms with Gasteiger partial charge in [0.15, 0.2) is 0 Å². The van der Waals surface area contributed by atoms with Gasteiger partial charge in [-0.1, -0.05) is 6.92 Å². The molecule has 3 heterocycles. The van der Waals surface area contributed by atoms with Crippen LogP contribution in [-0.4, -0.2) is 53.0 Å². The highest BCUT2D eigenvalue weighted by Crippen LogP contribution is 2.24. The van der Waals surface area contributed by atoms with E-state index >= 15 is 0 Å². The standard InChI is InChI=1S/C17H27N5O/c1-11-4-7-21(8-5-11)17(23)15-19-13(3)12(2)16(20-15)22-9-6-14(18)10-22/h11,14H,4-10,18H2,1-3H3/t14-/m1/s1. The van der Waals surface area contributed by atoms with Crippen LogP contribution in [0.15, 0.2) is 0 Å². The van der Waals surface area contributed by atoms with Crippen molar-refractivity contribution >= 4 is 11.7 Å². The molecule has 0 spiro atoms. The number of nitrogens with two attached hydrogens (primary N) is 1. The Balaban J connectivity index is 1.85. The van der Waals surface area contributed by atoms with Gasteiger partial charge >= 0.3 is 0 Å². The highest BCUT2D eigenvalue weighted by atomic mass is 16.2. The zero-order chi connectivity index (χ0) is 16.6. The van der Waals surface area contributed by atoms with E-state index in [1.807, 2.05) is 18.7 Å². The van der Waals surface area contributed by atoms with E-state index < -0.39 is 0 Å². The lowest BCUT2D eigenvalue weighted by molar-refractivity contribution is 0.0684. The van der Waals surface area contributed by atoms with E-state index in [0.29, 0.717) is 11.7 Å². The lowest BCUT2D eigenvalue weighted by Gasteiger charge is -2.30. The van der Waals surface area contributed by atoms with Crippen LogP contribution < -0.4 is 10.6 Å². The van der Waals surface area contributed by atoms with Crippen molar-refractivity contribution in [2.24, 2.45) is 11.7 Å². The number of hydrogen-bond acceptors (Lipinski definition) is 5. The molecule has 0 bridgehead atoms. The summed E-state index contributed by atoms with van der Waals surface area (Å²) in [5, 5.41) is 0. The molecular formula is C17H27N5O. The second kappa shape index (κ2) is 6.43. The van der Waals surface area contributed by atoms with E-state index in [4.69, 9.17) is 5.73 Å². The summed E-state index contributed by atoms with van der Waals surface area (Å²) in [5.41, 5.74) is 7.94. The van der Waals surface area contributed by atoms with E-state index in [1.54, 1.807) is 0 Å². The van der Waals surface area contributed by atoms with Crippen LogP contribution >= 0.6 is 0 Å². The molecule has 1 atom stereocenters. The SMILES string of the molecule is Cc1nc(C(=O)N2CCC(C)CC2)nc(N2CC[C@@H](N)C2)c1C. The van der Waals surface area contributed by atoms with Crippen molar-refractivity contribution in [3.05, 3.63) is 17.1 Å². The fraction of sp³-hybridized carbons (Fsp3) is 0.706. The zero-order valence-electron chi connectivity index (χ0n) is 14.4. The summed E-state index contributed by atoms with van der Waals surface area (Å²) in [6.07, 6.45) is 3.09. The smallest absolute Gasteiger partial charge is 0.291 e. The molecule has 0 saturated carbocycles. The van der Waals surface area contributed by atoms with E-state index in [9.17, 15) is 4.79 Å². The Morgan fingerprint density at radius 2 is 1.83 bits per heavy atom. The number of carbonyl (C=O) groups excluding carboxylic acids is 1. The molecule has 2 fully saturated rings. The maximum Gasteiger partial charge on any atom is 0.291 e. The van der Waals surface area contributed by atoms with Gasteiger partial charge in [-0.15, -0.1) is 0 Å². The van der Waals surface area contributed by atoms with E-state index in [-0.39, 0.29) is 11.9 Å². The summed E-state index contributed by atoms with van der Waals surface area (Å²) in [6.45, 7) is 9.51. The molecule has 23 heavy (non-hydrogen) atoms. The molecule has 1 amide bonds. The van der Waals surface area contributed by atoms with Crippen LogP contribution in [0.4, 0.5) is 5.82 Å². The van der Waals surface area contributed by atoms with Gasteiger partial charge in [-0.3, -0.25) is 4.79 Å². The first kappa shape index (κ1) is 16.2. The number of rotatable bonds is 2. The highest BCUT2D eigenvalue weighted by Gasteiger charge is 2.27. The monoisotopic (exact) mass is 317 g/mol. The van der Waals surface area contributed by atoms with Crippen LogP contribution in [0.25, 0.3) is 0 Å². The van der Waals surface area contributed by atoms with Gasteiger partial charge in [-0.25, -0.2) is 9.97 Å². The van der Waals surface area contributed by atoms with Gasteiger partial charge in [0.2, 0.25) is 5.82 Å². The molecule has 2 aliphatic heterocycles. The summed E-state index contributed by atoms with van der Waals surface area (Å²) in [4.78, 5) is 25.9. The maximum atomic E-state index is 12.8. The fourth-order valence-corrected chi connectivity index (χ4v) is 3.35. The first-order chi connectivity index (χ1) is 11.0. The molecule has 126 valence electrons. The number of nitrogens with zero attached hydrogens (tertiary/aromatic N) is 4. The number of likely N-dealkylation sites (tertiary alicyclic amines) is 1. The molecule has 6 nitrogen and oxygen atoms in total. The molecule has 1 aromatic heterocycles. The summed E-state index contributed by atoms with van der Waals surface area (Å²) in [7, 11) is 0. The number of hydrogen-bond donors (Lipinski definition) is 1. The summed E-state index contributed by atoms with van der Waals surface area (Å²) < 4.78 is 0. The molecule has 1 aromatic rings. The minimum absolute atomic E-state index is 0.0373. The third kappa shape index (κ3) is 3.32. The Morgan fingerprint density at radius 1 is 1.13 bits per heavy atom. The normalized spacial score (nSPS) is 22.7. The number of aromatic nitrogens is 2. The molecule has 6 heteroatoms. The summed E-state index contributed by atoms with van der Waals surface area (Å²) in [5.74, 6) is 1.86. The molecular weight excluding hydrogens is 290 g/mol. The predicted molar refractivity (Wildman–Crippen MR) is 90.6 cm³/mol. The van der Waals surface area contributed by atoms with Gasteiger partial charge in [0, 0.05) is 43.5 Å². The first-order valence-corrected chi connectivity index (χ1v) is 8.60. The van der Waals surface area contributed by atoms with Crippen molar-refractivity contribution in [1.82, 2.24) is 14.9 Å². The van der Waals surface area contributed by atoms with Crippen LogP contribution in [0.2, 0.25) is 0 Å². The van der Waals surface area contributed by atoms with Crippen LogP contribution in [0, 0.1) is 19.8 Å². The molecule has 2 saturated heterocycles. The van der Waals surface area contributed by atoms with Crippen LogP contribution in [-0.2, 0) is 0 Å². The van der Waals surface area contributed by atoms with Gasteiger partial charge in [0.25, 0.3) is 5.91 Å². The Bertz CT molecular complexity index is 595. The van der Waals surface area contributed by atoms with E-state index in [0.717, 1.165) is 62.5 Å². The maximum absolute atomic E-state index is 12.8. The second-order valence-electron chi connectivity index (χ2n) is 7.05. The van der Waals surface area contributed by atoms with Crippen molar-refractivity contribution in [3.63, 3.8) is 0 Å². The molecule has 2 aliphatic rings. The molecule has 0 radical (unpaired) electrons. The fourth-order valence-electron chi connectivity index (χ4n) is 3.35. The molecule has 3 rings (SSSR count). The van der Waals surface area contributed by atoms with Crippen LogP contribution in [0.3, 0.4) is 0 Å². The van der Waals surface area contributed by atoms with Gasteiger partial charge in [-0.2, -0.15) is 0 Å². The number of anilines is 1. The topological polar surface area (TPSA) is 75.4 Å². The molecule has 0 aliphatic carbocycles. The Hall–Kier alpha value is -1.69. The third-order valence-electron chi connectivity index (χ3n) is 5.15. The molecule has 0 unspecified atom stereocenters. The third-order valence-corrected chi connectivity index (χ3v) is 5.15. The van der Waals surface area contributed by atoms with E-state index in [2.05, 4.69) is 21.8 Å². The number of amides is 1. The Labute approximate surface area is 138 Å². The number of carbonyl (C=O) groups is 1. The van der Waals surface area contributed by atoms with Crippen molar-refractivity contribution in [1.29, 1.82) is 0 Å². The quantitative estimate of drug-likeness (QED) is 0.895. The van der Waals surface area contributed by atoms with Gasteiger partial charge in [0.1, 0.15) is 5.82 Å². The van der Waals surface area contributed by atoms with Gasteiger partial charge in [-0.05, 0) is 39.0 Å². The van der Waals surface area contributed by atoms with Gasteiger partial charge in [0.05, 0.1) is 0 Å². The highest BCUT2D eigenvalue weighted by molar-refractivity contribution is 5.91. The van der Waals surface area contributed by atoms with Crippen molar-refractivity contribution in [3.8, 4) is 0 Å². The summed E-state index contributed by atoms with van der Waals surface area (Å²) >= 11 is 0. The largest absolute Gasteiger partial charge is 0.355 e. The second-order valence-corrected chi connectivity index (χ2v) is 7.05. The lowest BCUT2D eigenvalue weighted by Crippen LogP contribution is -2.39. The summed E-state index contributed by atoms with van der Waals surface area (Å²) in [6, 6.07) is 0.187. The minimum Gasteiger partial charge on any atom is -0.355 e. The average molecular weight is 317 g/mol. The predicted octanol–water partition coefficient (Wildman–Crippen LogP) is 1.50. The number of piperidine rings is 1. The zero-order valence-corrected chi connectivity index (χ0v) is 14.4. The van der Waals surface area contributed by atoms with Crippen molar-refractivity contribution in [2.75, 3.05) is 31.1 Å². The van der Waals surface area contributed by atoms with E-state index in [1.165, 1.54) is 0 Å². The van der Waals surface area contributed by atoms with Gasteiger partial charge < -0.3 is 15.5 Å². The minimum atomic E-state index is -0.0373.